The molecule has 6 nitrogen and oxygen atoms in total. The van der Waals surface area contributed by atoms with Crippen LogP contribution in [0.1, 0.15) is 36.7 Å². The lowest BCUT2D eigenvalue weighted by atomic mass is 10.1. The lowest BCUT2D eigenvalue weighted by Gasteiger charge is -2.12. The van der Waals surface area contributed by atoms with Crippen molar-refractivity contribution in [2.75, 3.05) is 0 Å². The van der Waals surface area contributed by atoms with E-state index in [0.717, 1.165) is 18.4 Å². The minimum Gasteiger partial charge on any atom is -0.480 e. The number of carbonyl (C=O) groups excluding carboxylic acids is 1. The molecular weight excluding hydrogens is 284 g/mol. The van der Waals surface area contributed by atoms with Crippen LogP contribution in [-0.4, -0.2) is 28.2 Å². The lowest BCUT2D eigenvalue weighted by Crippen LogP contribution is -2.40. The van der Waals surface area contributed by atoms with Crippen LogP contribution < -0.4 is 5.32 Å². The summed E-state index contributed by atoms with van der Waals surface area (Å²) in [6.45, 7) is 1.96. The van der Waals surface area contributed by atoms with Gasteiger partial charge in [-0.25, -0.2) is 4.79 Å². The molecular formula is C16H18N2O4. The van der Waals surface area contributed by atoms with Gasteiger partial charge in [0.05, 0.1) is 0 Å². The Morgan fingerprint density at radius 3 is 2.68 bits per heavy atom. The first-order valence-electron chi connectivity index (χ1n) is 7.17. The van der Waals surface area contributed by atoms with Crippen LogP contribution in [0.4, 0.5) is 0 Å². The normalized spacial score (nSPS) is 11.9. The Hall–Kier alpha value is -2.63. The number of aromatic nitrogens is 1. The van der Waals surface area contributed by atoms with Crippen molar-refractivity contribution in [2.45, 2.75) is 32.2 Å². The van der Waals surface area contributed by atoms with E-state index in [9.17, 15) is 9.59 Å². The van der Waals surface area contributed by atoms with Gasteiger partial charge in [0.2, 0.25) is 0 Å². The molecule has 0 bridgehead atoms. The molecule has 116 valence electrons. The maximum atomic E-state index is 12.1. The molecule has 1 amide bonds. The van der Waals surface area contributed by atoms with Gasteiger partial charge in [-0.05, 0) is 6.42 Å². The molecule has 1 aromatic carbocycles. The van der Waals surface area contributed by atoms with Crippen LogP contribution in [0.25, 0.3) is 11.3 Å². The molecule has 0 radical (unpaired) electrons. The quantitative estimate of drug-likeness (QED) is 0.820. The molecule has 1 atom stereocenters. The number of benzene rings is 1. The van der Waals surface area contributed by atoms with Crippen molar-refractivity contribution >= 4 is 11.9 Å². The van der Waals surface area contributed by atoms with E-state index >= 15 is 0 Å². The number of nitrogens with zero attached hydrogens (tertiary/aromatic N) is 1. The third kappa shape index (κ3) is 3.94. The van der Waals surface area contributed by atoms with E-state index in [2.05, 4.69) is 10.5 Å². The molecule has 2 aromatic rings. The number of amides is 1. The van der Waals surface area contributed by atoms with Crippen LogP contribution in [0.2, 0.25) is 0 Å². The first-order chi connectivity index (χ1) is 10.6. The van der Waals surface area contributed by atoms with E-state index < -0.39 is 17.9 Å². The average Bonchev–Trinajstić information content (AvgIpc) is 3.02. The summed E-state index contributed by atoms with van der Waals surface area (Å²) in [5.74, 6) is -1.13. The third-order valence-electron chi connectivity index (χ3n) is 3.25. The molecule has 0 saturated heterocycles. The highest BCUT2D eigenvalue weighted by molar-refractivity contribution is 5.95. The van der Waals surface area contributed by atoms with Gasteiger partial charge in [-0.3, -0.25) is 4.79 Å². The number of rotatable bonds is 7. The van der Waals surface area contributed by atoms with E-state index in [0.29, 0.717) is 12.2 Å². The first kappa shape index (κ1) is 15.8. The largest absolute Gasteiger partial charge is 0.480 e. The first-order valence-corrected chi connectivity index (χ1v) is 7.17. The van der Waals surface area contributed by atoms with Gasteiger partial charge in [-0.2, -0.15) is 0 Å². The molecule has 0 saturated carbocycles. The van der Waals surface area contributed by atoms with Gasteiger partial charge in [-0.1, -0.05) is 55.3 Å². The summed E-state index contributed by atoms with van der Waals surface area (Å²) in [4.78, 5) is 23.2. The summed E-state index contributed by atoms with van der Waals surface area (Å²) in [7, 11) is 0. The van der Waals surface area contributed by atoms with E-state index in [-0.39, 0.29) is 5.69 Å². The van der Waals surface area contributed by atoms with Crippen molar-refractivity contribution in [1.29, 1.82) is 0 Å². The fourth-order valence-corrected chi connectivity index (χ4v) is 2.02. The Kier molecular flexibility index (Phi) is 5.30. The van der Waals surface area contributed by atoms with Gasteiger partial charge in [0, 0.05) is 11.6 Å². The summed E-state index contributed by atoms with van der Waals surface area (Å²) in [6.07, 6.45) is 1.98. The SMILES string of the molecule is CCCCC(NC(=O)c1cc(-c2ccccc2)on1)C(=O)O. The molecule has 0 aliphatic heterocycles. The molecule has 0 fully saturated rings. The van der Waals surface area contributed by atoms with Gasteiger partial charge in [0.25, 0.3) is 5.91 Å². The van der Waals surface area contributed by atoms with Crippen molar-refractivity contribution in [3.8, 4) is 11.3 Å². The minimum absolute atomic E-state index is 0.0709. The van der Waals surface area contributed by atoms with Crippen LogP contribution in [-0.2, 0) is 4.79 Å². The van der Waals surface area contributed by atoms with E-state index in [4.69, 9.17) is 9.63 Å². The van der Waals surface area contributed by atoms with Crippen molar-refractivity contribution in [3.05, 3.63) is 42.1 Å². The standard InChI is InChI=1S/C16H18N2O4/c1-2-3-9-12(16(20)21)17-15(19)13-10-14(22-18-13)11-7-5-4-6-8-11/h4-8,10,12H,2-3,9H2,1H3,(H,17,19)(H,20,21). The van der Waals surface area contributed by atoms with E-state index in [1.165, 1.54) is 6.07 Å². The zero-order chi connectivity index (χ0) is 15.9. The average molecular weight is 302 g/mol. The number of carboxylic acids is 1. The molecule has 0 aliphatic rings. The second-order valence-electron chi connectivity index (χ2n) is 4.95. The summed E-state index contributed by atoms with van der Waals surface area (Å²) >= 11 is 0. The second kappa shape index (κ2) is 7.40. The maximum Gasteiger partial charge on any atom is 0.326 e. The molecule has 1 heterocycles. The number of aliphatic carboxylic acids is 1. The number of hydrogen-bond acceptors (Lipinski definition) is 4. The van der Waals surface area contributed by atoms with Crippen molar-refractivity contribution < 1.29 is 19.2 Å². The van der Waals surface area contributed by atoms with E-state index in [1.54, 1.807) is 0 Å². The summed E-state index contributed by atoms with van der Waals surface area (Å²) in [6, 6.07) is 9.84. The minimum atomic E-state index is -1.05. The van der Waals surface area contributed by atoms with Crippen LogP contribution >= 0.6 is 0 Å². The van der Waals surface area contributed by atoms with Gasteiger partial charge < -0.3 is 14.9 Å². The lowest BCUT2D eigenvalue weighted by molar-refractivity contribution is -0.139. The Labute approximate surface area is 128 Å². The molecule has 0 aliphatic carbocycles. The number of nitrogens with one attached hydrogen (secondary N) is 1. The van der Waals surface area contributed by atoms with Gasteiger partial charge in [-0.15, -0.1) is 0 Å². The summed E-state index contributed by atoms with van der Waals surface area (Å²) in [5, 5.41) is 15.3. The monoisotopic (exact) mass is 302 g/mol. The zero-order valence-electron chi connectivity index (χ0n) is 12.3. The summed E-state index contributed by atoms with van der Waals surface area (Å²) in [5.41, 5.74) is 0.872. The summed E-state index contributed by atoms with van der Waals surface area (Å²) < 4.78 is 5.14. The van der Waals surface area contributed by atoms with Gasteiger partial charge >= 0.3 is 5.97 Å². The Morgan fingerprint density at radius 1 is 1.32 bits per heavy atom. The smallest absolute Gasteiger partial charge is 0.326 e. The molecule has 1 aromatic heterocycles. The topological polar surface area (TPSA) is 92.4 Å². The van der Waals surface area contributed by atoms with Crippen molar-refractivity contribution in [1.82, 2.24) is 10.5 Å². The molecule has 2 rings (SSSR count). The van der Waals surface area contributed by atoms with Crippen molar-refractivity contribution in [3.63, 3.8) is 0 Å². The molecule has 6 heteroatoms. The molecule has 2 N–H and O–H groups in total. The van der Waals surface area contributed by atoms with Crippen molar-refractivity contribution in [2.24, 2.45) is 0 Å². The molecule has 1 unspecified atom stereocenters. The second-order valence-corrected chi connectivity index (χ2v) is 4.95. The highest BCUT2D eigenvalue weighted by Crippen LogP contribution is 2.19. The number of carbonyl (C=O) groups is 2. The number of carboxylic acid groups (broad SMARTS) is 1. The number of hydrogen-bond donors (Lipinski definition) is 2. The maximum absolute atomic E-state index is 12.1. The van der Waals surface area contributed by atoms with Gasteiger partial charge in [0.15, 0.2) is 11.5 Å². The molecule has 22 heavy (non-hydrogen) atoms. The van der Waals surface area contributed by atoms with Crippen LogP contribution in [0.5, 0.6) is 0 Å². The Bertz CT molecular complexity index is 637. The van der Waals surface area contributed by atoms with Crippen LogP contribution in [0.3, 0.4) is 0 Å². The predicted molar refractivity (Wildman–Crippen MR) is 80.4 cm³/mol. The number of unbranched alkanes of at least 4 members (excludes halogenated alkanes) is 1. The zero-order valence-corrected chi connectivity index (χ0v) is 12.3. The molecule has 0 spiro atoms. The highest BCUT2D eigenvalue weighted by atomic mass is 16.5. The van der Waals surface area contributed by atoms with Crippen LogP contribution in [0.15, 0.2) is 40.9 Å². The van der Waals surface area contributed by atoms with Crippen LogP contribution in [0, 0.1) is 0 Å². The highest BCUT2D eigenvalue weighted by Gasteiger charge is 2.22. The van der Waals surface area contributed by atoms with E-state index in [1.807, 2.05) is 37.3 Å². The Morgan fingerprint density at radius 2 is 2.05 bits per heavy atom. The fourth-order valence-electron chi connectivity index (χ4n) is 2.02. The third-order valence-corrected chi connectivity index (χ3v) is 3.25. The predicted octanol–water partition coefficient (Wildman–Crippen LogP) is 2.71. The Balaban J connectivity index is 2.06. The van der Waals surface area contributed by atoms with Gasteiger partial charge in [0.1, 0.15) is 6.04 Å². The fraction of sp³-hybridized carbons (Fsp3) is 0.312.